The lowest BCUT2D eigenvalue weighted by Crippen LogP contribution is -2.50. The van der Waals surface area contributed by atoms with E-state index < -0.39 is 0 Å². The van der Waals surface area contributed by atoms with Crippen LogP contribution in [0.25, 0.3) is 11.4 Å². The highest BCUT2D eigenvalue weighted by Gasteiger charge is 2.51. The second kappa shape index (κ2) is 7.30. The summed E-state index contributed by atoms with van der Waals surface area (Å²) in [4.78, 5) is 19.1. The minimum Gasteiger partial charge on any atom is -0.342 e. The van der Waals surface area contributed by atoms with Crippen molar-refractivity contribution in [2.24, 2.45) is 5.41 Å². The molecule has 156 valence electrons. The quantitative estimate of drug-likeness (QED) is 0.650. The average molecular weight is 411 g/mol. The number of hydrogen-bond acceptors (Lipinski definition) is 7. The summed E-state index contributed by atoms with van der Waals surface area (Å²) in [5.41, 5.74) is 2.09. The molecule has 2 fully saturated rings. The van der Waals surface area contributed by atoms with E-state index in [1.165, 1.54) is 12.1 Å². The van der Waals surface area contributed by atoms with Crippen molar-refractivity contribution in [3.63, 3.8) is 0 Å². The molecule has 1 aliphatic heterocycles. The minimum absolute atomic E-state index is 0.0518. The number of aromatic nitrogens is 4. The molecule has 8 nitrogen and oxygen atoms in total. The molecule has 0 N–H and O–H groups in total. The van der Waals surface area contributed by atoms with E-state index in [1.54, 1.807) is 19.1 Å². The van der Waals surface area contributed by atoms with Gasteiger partial charge in [-0.05, 0) is 62.3 Å². The fourth-order valence-electron chi connectivity index (χ4n) is 4.64. The summed E-state index contributed by atoms with van der Waals surface area (Å²) in [5, 5.41) is 11.6. The third kappa shape index (κ3) is 3.28. The molecule has 0 radical (unpaired) electrons. The number of piperidine rings is 1. The highest BCUT2D eigenvalue weighted by molar-refractivity contribution is 5.78. The van der Waals surface area contributed by atoms with Crippen molar-refractivity contribution >= 4 is 5.91 Å². The van der Waals surface area contributed by atoms with Gasteiger partial charge in [0.15, 0.2) is 0 Å². The van der Waals surface area contributed by atoms with Crippen molar-refractivity contribution in [1.82, 2.24) is 25.4 Å². The molecule has 1 unspecified atom stereocenters. The van der Waals surface area contributed by atoms with Gasteiger partial charge < -0.3 is 9.42 Å². The van der Waals surface area contributed by atoms with Crippen LogP contribution in [0.2, 0.25) is 0 Å². The number of halogens is 1. The van der Waals surface area contributed by atoms with Crippen LogP contribution in [0.3, 0.4) is 0 Å². The van der Waals surface area contributed by atoms with Crippen LogP contribution in [0.15, 0.2) is 33.4 Å². The van der Waals surface area contributed by atoms with E-state index in [-0.39, 0.29) is 29.5 Å². The minimum atomic E-state index is -0.295. The van der Waals surface area contributed by atoms with Crippen LogP contribution in [0.1, 0.15) is 48.9 Å². The Labute approximate surface area is 172 Å². The van der Waals surface area contributed by atoms with Crippen LogP contribution in [-0.4, -0.2) is 44.4 Å². The lowest BCUT2D eigenvalue weighted by atomic mass is 9.55. The van der Waals surface area contributed by atoms with Gasteiger partial charge in [-0.2, -0.15) is 4.98 Å². The molecule has 9 heteroatoms. The van der Waals surface area contributed by atoms with Crippen LogP contribution < -0.4 is 0 Å². The predicted octanol–water partition coefficient (Wildman–Crippen LogP) is 3.30. The Morgan fingerprint density at radius 3 is 2.57 bits per heavy atom. The van der Waals surface area contributed by atoms with E-state index in [1.807, 2.05) is 4.90 Å². The maximum Gasteiger partial charge on any atom is 0.230 e. The lowest BCUT2D eigenvalue weighted by molar-refractivity contribution is -0.134. The van der Waals surface area contributed by atoms with Gasteiger partial charge in [0.25, 0.3) is 0 Å². The lowest BCUT2D eigenvalue weighted by Gasteiger charge is -2.52. The van der Waals surface area contributed by atoms with Gasteiger partial charge in [-0.1, -0.05) is 15.5 Å². The Morgan fingerprint density at radius 2 is 1.93 bits per heavy atom. The number of carbonyl (C=O) groups excluding carboxylic acids is 1. The van der Waals surface area contributed by atoms with Crippen molar-refractivity contribution in [1.29, 1.82) is 0 Å². The summed E-state index contributed by atoms with van der Waals surface area (Å²) in [7, 11) is 0. The molecule has 0 bridgehead atoms. The molecule has 3 heterocycles. The standard InChI is InChI=1S/C21H22FN5O3/c1-13-17(25-30-24-13)12-18(28)27-10-8-21(9-11-27)7-6-16(21)20-23-19(26-29-20)14-2-4-15(22)5-3-14/h2-5,16H,6-12H2,1H3. The number of benzene rings is 1. The summed E-state index contributed by atoms with van der Waals surface area (Å²) in [6, 6.07) is 6.08. The number of hydrogen-bond donors (Lipinski definition) is 0. The Balaban J connectivity index is 1.24. The van der Waals surface area contributed by atoms with Crippen molar-refractivity contribution in [3.8, 4) is 11.4 Å². The van der Waals surface area contributed by atoms with Crippen LogP contribution >= 0.6 is 0 Å². The predicted molar refractivity (Wildman–Crippen MR) is 103 cm³/mol. The monoisotopic (exact) mass is 411 g/mol. The van der Waals surface area contributed by atoms with Gasteiger partial charge >= 0.3 is 0 Å². The van der Waals surface area contributed by atoms with Gasteiger partial charge in [-0.3, -0.25) is 4.79 Å². The SMILES string of the molecule is Cc1nonc1CC(=O)N1CCC2(CCC2c2nc(-c3ccc(F)cc3)no2)CC1. The first-order chi connectivity index (χ1) is 14.5. The molecule has 1 saturated heterocycles. The smallest absolute Gasteiger partial charge is 0.230 e. The molecule has 1 aliphatic carbocycles. The maximum absolute atomic E-state index is 13.1. The third-order valence-corrected chi connectivity index (χ3v) is 6.69. The van der Waals surface area contributed by atoms with Crippen molar-refractivity contribution in [3.05, 3.63) is 47.4 Å². The average Bonchev–Trinajstić information content (AvgIpc) is 3.37. The number of nitrogens with zero attached hydrogens (tertiary/aromatic N) is 5. The summed E-state index contributed by atoms with van der Waals surface area (Å²) in [6.07, 6.45) is 4.14. The number of amides is 1. The summed E-state index contributed by atoms with van der Waals surface area (Å²) < 4.78 is 23.4. The summed E-state index contributed by atoms with van der Waals surface area (Å²) in [6.45, 7) is 3.20. The van der Waals surface area contributed by atoms with Gasteiger partial charge in [-0.25, -0.2) is 9.02 Å². The molecule has 1 spiro atoms. The zero-order chi connectivity index (χ0) is 20.7. The molecular weight excluding hydrogens is 389 g/mol. The summed E-state index contributed by atoms with van der Waals surface area (Å²) >= 11 is 0. The van der Waals surface area contributed by atoms with Crippen molar-refractivity contribution in [2.45, 2.75) is 44.9 Å². The highest BCUT2D eigenvalue weighted by Crippen LogP contribution is 2.58. The second-order valence-corrected chi connectivity index (χ2v) is 8.27. The Bertz CT molecular complexity index is 1050. The summed E-state index contributed by atoms with van der Waals surface area (Å²) in [5.74, 6) is 1.09. The van der Waals surface area contributed by atoms with Crippen LogP contribution in [0, 0.1) is 18.2 Å². The van der Waals surface area contributed by atoms with E-state index in [0.29, 0.717) is 36.2 Å². The molecule has 1 saturated carbocycles. The molecule has 2 aliphatic rings. The van der Waals surface area contributed by atoms with Crippen molar-refractivity contribution in [2.75, 3.05) is 13.1 Å². The van der Waals surface area contributed by atoms with Crippen LogP contribution in [-0.2, 0) is 11.2 Å². The normalized spacial score (nSPS) is 20.3. The van der Waals surface area contributed by atoms with Crippen molar-refractivity contribution < 1.29 is 18.3 Å². The molecular formula is C21H22FN5O3. The Hall–Kier alpha value is -3.10. The molecule has 1 amide bonds. The van der Waals surface area contributed by atoms with Gasteiger partial charge in [-0.15, -0.1) is 0 Å². The molecule has 1 aromatic carbocycles. The van der Waals surface area contributed by atoms with Gasteiger partial charge in [0, 0.05) is 24.6 Å². The second-order valence-electron chi connectivity index (χ2n) is 8.27. The van der Waals surface area contributed by atoms with Gasteiger partial charge in [0.1, 0.15) is 17.2 Å². The zero-order valence-electron chi connectivity index (χ0n) is 16.7. The number of likely N-dealkylation sites (tertiary alicyclic amines) is 1. The number of rotatable bonds is 4. The number of aryl methyl sites for hydroxylation is 1. The van der Waals surface area contributed by atoms with Crippen LogP contribution in [0.4, 0.5) is 4.39 Å². The van der Waals surface area contributed by atoms with Crippen LogP contribution in [0.5, 0.6) is 0 Å². The number of carbonyl (C=O) groups is 1. The maximum atomic E-state index is 13.1. The highest BCUT2D eigenvalue weighted by atomic mass is 19.1. The zero-order valence-corrected chi connectivity index (χ0v) is 16.7. The fraction of sp³-hybridized carbons (Fsp3) is 0.476. The van der Waals surface area contributed by atoms with Gasteiger partial charge in [0.2, 0.25) is 17.6 Å². The van der Waals surface area contributed by atoms with E-state index >= 15 is 0 Å². The first kappa shape index (κ1) is 18.9. The first-order valence-electron chi connectivity index (χ1n) is 10.2. The Morgan fingerprint density at radius 1 is 1.17 bits per heavy atom. The van der Waals surface area contributed by atoms with E-state index in [4.69, 9.17) is 4.52 Å². The molecule has 1 atom stereocenters. The van der Waals surface area contributed by atoms with E-state index in [2.05, 4.69) is 25.1 Å². The molecule has 2 aromatic heterocycles. The molecule has 30 heavy (non-hydrogen) atoms. The van der Waals surface area contributed by atoms with E-state index in [0.717, 1.165) is 31.2 Å². The van der Waals surface area contributed by atoms with E-state index in [9.17, 15) is 9.18 Å². The fourth-order valence-corrected chi connectivity index (χ4v) is 4.64. The molecule has 3 aromatic rings. The first-order valence-corrected chi connectivity index (χ1v) is 10.2. The molecule has 5 rings (SSSR count). The third-order valence-electron chi connectivity index (χ3n) is 6.69. The van der Waals surface area contributed by atoms with Gasteiger partial charge in [0.05, 0.1) is 6.42 Å². The largest absolute Gasteiger partial charge is 0.342 e. The Kier molecular flexibility index (Phi) is 4.60. The topological polar surface area (TPSA) is 98.2 Å².